The van der Waals surface area contributed by atoms with Gasteiger partial charge >= 0.3 is 0 Å². The molecular weight excluding hydrogens is 384 g/mol. The topological polar surface area (TPSA) is 59.1 Å². The second kappa shape index (κ2) is 8.80. The second-order valence-electron chi connectivity index (χ2n) is 8.98. The van der Waals surface area contributed by atoms with Crippen LogP contribution >= 0.6 is 0 Å². The van der Waals surface area contributed by atoms with E-state index in [0.717, 1.165) is 52.8 Å². The zero-order valence-corrected chi connectivity index (χ0v) is 18.6. The summed E-state index contributed by atoms with van der Waals surface area (Å²) < 4.78 is 5.35. The Morgan fingerprint density at radius 3 is 2.48 bits per heavy atom. The van der Waals surface area contributed by atoms with Crippen LogP contribution in [0, 0.1) is 5.41 Å². The van der Waals surface area contributed by atoms with Crippen LogP contribution in [0.3, 0.4) is 0 Å². The molecule has 5 nitrogen and oxygen atoms in total. The van der Waals surface area contributed by atoms with Crippen molar-refractivity contribution < 1.29 is 4.74 Å². The Bertz CT molecular complexity index is 1070. The molecule has 0 saturated heterocycles. The lowest BCUT2D eigenvalue weighted by Gasteiger charge is -2.34. The number of ether oxygens (including phenoxy) is 1. The van der Waals surface area contributed by atoms with Gasteiger partial charge in [-0.25, -0.2) is 9.97 Å². The molecule has 160 valence electrons. The van der Waals surface area contributed by atoms with Gasteiger partial charge in [0.25, 0.3) is 0 Å². The van der Waals surface area contributed by atoms with Crippen molar-refractivity contribution in [2.75, 3.05) is 12.4 Å². The summed E-state index contributed by atoms with van der Waals surface area (Å²) in [6, 6.07) is 20.5. The molecule has 2 N–H and O–H groups in total. The minimum Gasteiger partial charge on any atom is -0.497 e. The summed E-state index contributed by atoms with van der Waals surface area (Å²) in [6.45, 7) is 6.81. The molecule has 0 amide bonds. The number of aromatic nitrogens is 2. The number of benzene rings is 2. The Morgan fingerprint density at radius 2 is 1.81 bits per heavy atom. The van der Waals surface area contributed by atoms with Crippen LogP contribution in [0.1, 0.15) is 39.4 Å². The van der Waals surface area contributed by atoms with Gasteiger partial charge in [0.15, 0.2) is 5.82 Å². The van der Waals surface area contributed by atoms with Gasteiger partial charge < -0.3 is 15.4 Å². The van der Waals surface area contributed by atoms with Gasteiger partial charge in [0.2, 0.25) is 0 Å². The van der Waals surface area contributed by atoms with Crippen LogP contribution in [0.25, 0.3) is 16.8 Å². The van der Waals surface area contributed by atoms with Crippen LogP contribution in [0.15, 0.2) is 66.9 Å². The predicted molar refractivity (Wildman–Crippen MR) is 127 cm³/mol. The number of nitrogens with one attached hydrogen (secondary N) is 2. The first-order valence-electron chi connectivity index (χ1n) is 10.7. The Kier molecular flexibility index (Phi) is 5.94. The molecule has 0 saturated carbocycles. The summed E-state index contributed by atoms with van der Waals surface area (Å²) in [5.74, 6) is 2.32. The van der Waals surface area contributed by atoms with Crippen molar-refractivity contribution in [3.63, 3.8) is 0 Å². The van der Waals surface area contributed by atoms with E-state index in [-0.39, 0.29) is 5.41 Å². The minimum absolute atomic E-state index is 0.216. The standard InChI is InChI=1S/C26H30N4O/c1-26(2,3)23-14-13-19(17-27-23)25-29-22(18-9-6-5-7-10-18)16-24(30-25)28-20-11-8-12-21(15-20)31-4/h5-12,15-17,23,27H,13-14H2,1-4H3,(H,28,29,30). The van der Waals surface area contributed by atoms with Gasteiger partial charge in [-0.1, -0.05) is 57.2 Å². The maximum Gasteiger partial charge on any atom is 0.159 e. The van der Waals surface area contributed by atoms with E-state index in [1.165, 1.54) is 0 Å². The minimum atomic E-state index is 0.216. The average Bonchev–Trinajstić information content (AvgIpc) is 2.79. The lowest BCUT2D eigenvalue weighted by atomic mass is 9.82. The Morgan fingerprint density at radius 1 is 1.00 bits per heavy atom. The fourth-order valence-electron chi connectivity index (χ4n) is 3.78. The van der Waals surface area contributed by atoms with E-state index in [9.17, 15) is 0 Å². The Hall–Kier alpha value is -3.34. The molecule has 3 aromatic rings. The largest absolute Gasteiger partial charge is 0.497 e. The lowest BCUT2D eigenvalue weighted by molar-refractivity contribution is 0.272. The third-order valence-electron chi connectivity index (χ3n) is 5.63. The molecule has 0 radical (unpaired) electrons. The molecule has 0 fully saturated rings. The molecule has 4 rings (SSSR count). The molecule has 1 atom stereocenters. The van der Waals surface area contributed by atoms with Gasteiger partial charge in [0.05, 0.1) is 12.8 Å². The monoisotopic (exact) mass is 414 g/mol. The highest BCUT2D eigenvalue weighted by Gasteiger charge is 2.27. The number of anilines is 2. The fraction of sp³-hybridized carbons (Fsp3) is 0.308. The van der Waals surface area contributed by atoms with E-state index in [1.54, 1.807) is 7.11 Å². The highest BCUT2D eigenvalue weighted by atomic mass is 16.5. The molecule has 2 aromatic carbocycles. The Labute approximate surface area is 184 Å². The van der Waals surface area contributed by atoms with Gasteiger partial charge in [-0.2, -0.15) is 0 Å². The number of rotatable bonds is 5. The molecule has 0 aliphatic carbocycles. The van der Waals surface area contributed by atoms with Crippen molar-refractivity contribution in [1.29, 1.82) is 0 Å². The van der Waals surface area contributed by atoms with Crippen molar-refractivity contribution in [3.8, 4) is 17.0 Å². The van der Waals surface area contributed by atoms with E-state index in [2.05, 4.69) is 49.7 Å². The predicted octanol–water partition coefficient (Wildman–Crippen LogP) is 6.03. The van der Waals surface area contributed by atoms with E-state index in [4.69, 9.17) is 14.7 Å². The molecule has 1 unspecified atom stereocenters. The first-order chi connectivity index (χ1) is 14.9. The fourth-order valence-corrected chi connectivity index (χ4v) is 3.78. The molecule has 31 heavy (non-hydrogen) atoms. The van der Waals surface area contributed by atoms with Crippen molar-refractivity contribution in [2.45, 2.75) is 39.7 Å². The number of hydrogen-bond donors (Lipinski definition) is 2. The first kappa shape index (κ1) is 20.9. The summed E-state index contributed by atoms with van der Waals surface area (Å²) in [5.41, 5.74) is 4.23. The molecule has 0 bridgehead atoms. The van der Waals surface area contributed by atoms with Crippen LogP contribution in [-0.4, -0.2) is 23.1 Å². The maximum absolute atomic E-state index is 5.35. The van der Waals surface area contributed by atoms with E-state index < -0.39 is 0 Å². The van der Waals surface area contributed by atoms with Crippen molar-refractivity contribution >= 4 is 17.1 Å². The average molecular weight is 415 g/mol. The highest BCUT2D eigenvalue weighted by Crippen LogP contribution is 2.32. The lowest BCUT2D eigenvalue weighted by Crippen LogP contribution is -2.39. The van der Waals surface area contributed by atoms with Crippen LogP contribution in [0.4, 0.5) is 11.5 Å². The summed E-state index contributed by atoms with van der Waals surface area (Å²) in [5, 5.41) is 6.99. The van der Waals surface area contributed by atoms with Crippen molar-refractivity contribution in [3.05, 3.63) is 72.7 Å². The van der Waals surface area contributed by atoms with Gasteiger partial charge in [-0.3, -0.25) is 0 Å². The van der Waals surface area contributed by atoms with E-state index >= 15 is 0 Å². The van der Waals surface area contributed by atoms with Crippen molar-refractivity contribution in [2.24, 2.45) is 5.41 Å². The number of nitrogens with zero attached hydrogens (tertiary/aromatic N) is 2. The zero-order chi connectivity index (χ0) is 21.8. The number of allylic oxidation sites excluding steroid dienone is 1. The SMILES string of the molecule is COc1cccc(Nc2cc(-c3ccccc3)nc(C3=CNC(C(C)(C)C)CC3)n2)c1. The quantitative estimate of drug-likeness (QED) is 0.533. The Balaban J connectivity index is 1.69. The highest BCUT2D eigenvalue weighted by molar-refractivity contribution is 5.70. The summed E-state index contributed by atoms with van der Waals surface area (Å²) >= 11 is 0. The second-order valence-corrected chi connectivity index (χ2v) is 8.98. The van der Waals surface area contributed by atoms with Gasteiger partial charge in [-0.05, 0) is 30.4 Å². The molecule has 1 aliphatic rings. The number of hydrogen-bond acceptors (Lipinski definition) is 5. The van der Waals surface area contributed by atoms with Gasteiger partial charge in [0, 0.05) is 41.2 Å². The van der Waals surface area contributed by atoms with Crippen molar-refractivity contribution in [1.82, 2.24) is 15.3 Å². The van der Waals surface area contributed by atoms with E-state index in [1.807, 2.05) is 48.5 Å². The summed E-state index contributed by atoms with van der Waals surface area (Å²) in [7, 11) is 1.67. The van der Waals surface area contributed by atoms with Crippen LogP contribution in [0.5, 0.6) is 5.75 Å². The normalized spacial score (nSPS) is 16.3. The molecule has 2 heterocycles. The summed E-state index contributed by atoms with van der Waals surface area (Å²) in [4.78, 5) is 9.76. The molecule has 1 aromatic heterocycles. The zero-order valence-electron chi connectivity index (χ0n) is 18.6. The molecular formula is C26H30N4O. The first-order valence-corrected chi connectivity index (χ1v) is 10.7. The van der Waals surface area contributed by atoms with Crippen LogP contribution in [0.2, 0.25) is 0 Å². The molecule has 5 heteroatoms. The van der Waals surface area contributed by atoms with E-state index in [0.29, 0.717) is 6.04 Å². The smallest absolute Gasteiger partial charge is 0.159 e. The summed E-state index contributed by atoms with van der Waals surface area (Å²) in [6.07, 6.45) is 4.11. The van der Waals surface area contributed by atoms with Crippen LogP contribution in [-0.2, 0) is 0 Å². The molecule has 1 aliphatic heterocycles. The third-order valence-corrected chi connectivity index (χ3v) is 5.63. The van der Waals surface area contributed by atoms with Crippen LogP contribution < -0.4 is 15.4 Å². The van der Waals surface area contributed by atoms with Gasteiger partial charge in [0.1, 0.15) is 11.6 Å². The maximum atomic E-state index is 5.35. The molecule has 0 spiro atoms. The number of methoxy groups -OCH3 is 1. The van der Waals surface area contributed by atoms with Gasteiger partial charge in [-0.15, -0.1) is 0 Å². The third kappa shape index (κ3) is 5.05.